The molecular formula is C18H25N5O2. The molecule has 3 heterocycles. The molecule has 0 aromatic carbocycles. The molecule has 0 unspecified atom stereocenters. The third kappa shape index (κ3) is 4.04. The van der Waals surface area contributed by atoms with Gasteiger partial charge in [0.25, 0.3) is 0 Å². The van der Waals surface area contributed by atoms with Gasteiger partial charge in [-0.2, -0.15) is 0 Å². The summed E-state index contributed by atoms with van der Waals surface area (Å²) in [5, 5.41) is 4.00. The predicted octanol–water partition coefficient (Wildman–Crippen LogP) is 1.88. The molecule has 2 aromatic rings. The van der Waals surface area contributed by atoms with Crippen molar-refractivity contribution >= 4 is 5.91 Å². The predicted molar refractivity (Wildman–Crippen MR) is 93.7 cm³/mol. The fourth-order valence-electron chi connectivity index (χ4n) is 3.46. The minimum atomic E-state index is 0.170. The van der Waals surface area contributed by atoms with E-state index in [0.29, 0.717) is 18.9 Å². The van der Waals surface area contributed by atoms with Gasteiger partial charge in [-0.05, 0) is 45.1 Å². The molecule has 0 atom stereocenters. The van der Waals surface area contributed by atoms with Crippen LogP contribution in [0.15, 0.2) is 16.9 Å². The van der Waals surface area contributed by atoms with Crippen LogP contribution in [0, 0.1) is 19.8 Å². The average molecular weight is 343 g/mol. The van der Waals surface area contributed by atoms with E-state index in [1.165, 1.54) is 0 Å². The molecule has 25 heavy (non-hydrogen) atoms. The number of aromatic nitrogens is 3. The summed E-state index contributed by atoms with van der Waals surface area (Å²) in [6.45, 7) is 5.85. The SMILES string of the molecule is Cc1noc(C)c1-c1cc(CC2CCN(C(=O)CCN)CC2)ncn1. The number of hydrogen-bond acceptors (Lipinski definition) is 6. The Labute approximate surface area is 147 Å². The van der Waals surface area contributed by atoms with E-state index >= 15 is 0 Å². The van der Waals surface area contributed by atoms with Gasteiger partial charge in [-0.1, -0.05) is 5.16 Å². The van der Waals surface area contributed by atoms with E-state index in [1.807, 2.05) is 24.8 Å². The van der Waals surface area contributed by atoms with Crippen molar-refractivity contribution in [1.82, 2.24) is 20.0 Å². The highest BCUT2D eigenvalue weighted by molar-refractivity contribution is 5.76. The van der Waals surface area contributed by atoms with Crippen LogP contribution in [0.5, 0.6) is 0 Å². The monoisotopic (exact) mass is 343 g/mol. The summed E-state index contributed by atoms with van der Waals surface area (Å²) >= 11 is 0. The van der Waals surface area contributed by atoms with Crippen LogP contribution >= 0.6 is 0 Å². The van der Waals surface area contributed by atoms with E-state index in [2.05, 4.69) is 15.1 Å². The second kappa shape index (κ2) is 7.74. The van der Waals surface area contributed by atoms with E-state index in [0.717, 1.165) is 60.8 Å². The summed E-state index contributed by atoms with van der Waals surface area (Å²) in [7, 11) is 0. The number of nitrogens with zero attached hydrogens (tertiary/aromatic N) is 4. The number of likely N-dealkylation sites (tertiary alicyclic amines) is 1. The quantitative estimate of drug-likeness (QED) is 0.890. The summed E-state index contributed by atoms with van der Waals surface area (Å²) < 4.78 is 5.24. The first-order valence-electron chi connectivity index (χ1n) is 8.80. The molecule has 1 saturated heterocycles. The van der Waals surface area contributed by atoms with Crippen LogP contribution in [0.25, 0.3) is 11.3 Å². The van der Waals surface area contributed by atoms with Gasteiger partial charge in [-0.3, -0.25) is 4.79 Å². The lowest BCUT2D eigenvalue weighted by atomic mass is 9.91. The number of carbonyl (C=O) groups excluding carboxylic acids is 1. The lowest BCUT2D eigenvalue weighted by Crippen LogP contribution is -2.39. The zero-order valence-electron chi connectivity index (χ0n) is 14.9. The van der Waals surface area contributed by atoms with E-state index < -0.39 is 0 Å². The fourth-order valence-corrected chi connectivity index (χ4v) is 3.46. The Hall–Kier alpha value is -2.28. The Morgan fingerprint density at radius 2 is 2.08 bits per heavy atom. The van der Waals surface area contributed by atoms with E-state index in [1.54, 1.807) is 6.33 Å². The molecule has 3 rings (SSSR count). The van der Waals surface area contributed by atoms with Crippen molar-refractivity contribution in [3.63, 3.8) is 0 Å². The van der Waals surface area contributed by atoms with Crippen LogP contribution < -0.4 is 5.73 Å². The minimum Gasteiger partial charge on any atom is -0.361 e. The molecule has 0 saturated carbocycles. The van der Waals surface area contributed by atoms with Crippen LogP contribution in [-0.4, -0.2) is 45.6 Å². The van der Waals surface area contributed by atoms with Gasteiger partial charge in [0.05, 0.1) is 17.0 Å². The number of hydrogen-bond donors (Lipinski definition) is 1. The molecule has 1 fully saturated rings. The standard InChI is InChI=1S/C18H25N5O2/c1-12-18(13(2)25-22-12)16-10-15(20-11-21-16)9-14-4-7-23(8-5-14)17(24)3-6-19/h10-11,14H,3-9,19H2,1-2H3. The van der Waals surface area contributed by atoms with Gasteiger partial charge in [-0.15, -0.1) is 0 Å². The maximum atomic E-state index is 11.9. The smallest absolute Gasteiger partial charge is 0.223 e. The molecule has 0 spiro atoms. The van der Waals surface area contributed by atoms with E-state index in [-0.39, 0.29) is 5.91 Å². The van der Waals surface area contributed by atoms with Gasteiger partial charge in [0.2, 0.25) is 5.91 Å². The third-order valence-electron chi connectivity index (χ3n) is 4.84. The number of carbonyl (C=O) groups is 1. The van der Waals surface area contributed by atoms with Crippen molar-refractivity contribution in [2.24, 2.45) is 11.7 Å². The molecule has 0 aliphatic carbocycles. The molecule has 0 radical (unpaired) electrons. The molecule has 2 aromatic heterocycles. The van der Waals surface area contributed by atoms with Crippen molar-refractivity contribution in [1.29, 1.82) is 0 Å². The zero-order valence-corrected chi connectivity index (χ0v) is 14.9. The second-order valence-corrected chi connectivity index (χ2v) is 6.66. The van der Waals surface area contributed by atoms with Gasteiger partial charge < -0.3 is 15.2 Å². The van der Waals surface area contributed by atoms with Crippen molar-refractivity contribution in [2.75, 3.05) is 19.6 Å². The molecular weight excluding hydrogens is 318 g/mol. The largest absolute Gasteiger partial charge is 0.361 e. The highest BCUT2D eigenvalue weighted by Gasteiger charge is 2.23. The second-order valence-electron chi connectivity index (χ2n) is 6.66. The lowest BCUT2D eigenvalue weighted by molar-refractivity contribution is -0.132. The number of aryl methyl sites for hydroxylation is 2. The first-order valence-corrected chi connectivity index (χ1v) is 8.80. The molecule has 7 nitrogen and oxygen atoms in total. The molecule has 134 valence electrons. The molecule has 0 bridgehead atoms. The Bertz CT molecular complexity index is 715. The summed E-state index contributed by atoms with van der Waals surface area (Å²) in [5.74, 6) is 1.48. The van der Waals surface area contributed by atoms with Gasteiger partial charge in [0.15, 0.2) is 0 Å². The molecule has 1 aliphatic heterocycles. The van der Waals surface area contributed by atoms with Gasteiger partial charge in [-0.25, -0.2) is 9.97 Å². The van der Waals surface area contributed by atoms with Crippen LogP contribution in [-0.2, 0) is 11.2 Å². The van der Waals surface area contributed by atoms with Crippen molar-refractivity contribution in [3.05, 3.63) is 29.5 Å². The summed E-state index contributed by atoms with van der Waals surface area (Å²) in [6, 6.07) is 2.03. The van der Waals surface area contributed by atoms with Crippen LogP contribution in [0.3, 0.4) is 0 Å². The minimum absolute atomic E-state index is 0.170. The summed E-state index contributed by atoms with van der Waals surface area (Å²) in [5.41, 5.74) is 9.14. The van der Waals surface area contributed by atoms with Gasteiger partial charge in [0, 0.05) is 31.7 Å². The van der Waals surface area contributed by atoms with Crippen LogP contribution in [0.2, 0.25) is 0 Å². The van der Waals surface area contributed by atoms with Gasteiger partial charge >= 0.3 is 0 Å². The average Bonchev–Trinajstić information content (AvgIpc) is 2.94. The number of amides is 1. The third-order valence-corrected chi connectivity index (χ3v) is 4.84. The maximum Gasteiger partial charge on any atom is 0.223 e. The fraction of sp³-hybridized carbons (Fsp3) is 0.556. The Balaban J connectivity index is 1.63. The first kappa shape index (κ1) is 17.5. The Morgan fingerprint density at radius 3 is 2.72 bits per heavy atom. The van der Waals surface area contributed by atoms with E-state index in [9.17, 15) is 4.79 Å². The molecule has 2 N–H and O–H groups in total. The van der Waals surface area contributed by atoms with Crippen molar-refractivity contribution in [2.45, 2.75) is 39.5 Å². The topological polar surface area (TPSA) is 98.1 Å². The number of nitrogens with two attached hydrogens (primary N) is 1. The van der Waals surface area contributed by atoms with Crippen LogP contribution in [0.1, 0.15) is 36.4 Å². The summed E-state index contributed by atoms with van der Waals surface area (Å²) in [6.07, 6.45) is 4.95. The Morgan fingerprint density at radius 1 is 1.32 bits per heavy atom. The highest BCUT2D eigenvalue weighted by Crippen LogP contribution is 2.27. The van der Waals surface area contributed by atoms with Crippen molar-refractivity contribution < 1.29 is 9.32 Å². The lowest BCUT2D eigenvalue weighted by Gasteiger charge is -2.32. The van der Waals surface area contributed by atoms with Crippen molar-refractivity contribution in [3.8, 4) is 11.3 Å². The summed E-state index contributed by atoms with van der Waals surface area (Å²) in [4.78, 5) is 22.6. The number of rotatable bonds is 5. The first-order chi connectivity index (χ1) is 12.1. The number of piperidine rings is 1. The highest BCUT2D eigenvalue weighted by atomic mass is 16.5. The zero-order chi connectivity index (χ0) is 17.8. The van der Waals surface area contributed by atoms with Gasteiger partial charge in [0.1, 0.15) is 12.1 Å². The van der Waals surface area contributed by atoms with Crippen LogP contribution in [0.4, 0.5) is 0 Å². The molecule has 7 heteroatoms. The maximum absolute atomic E-state index is 11.9. The molecule has 1 amide bonds. The molecule has 1 aliphatic rings. The van der Waals surface area contributed by atoms with E-state index in [4.69, 9.17) is 10.3 Å². The Kier molecular flexibility index (Phi) is 5.43. The normalized spacial score (nSPS) is 15.6.